The van der Waals surface area contributed by atoms with Crippen LogP contribution in [0.4, 0.5) is 0 Å². The third kappa shape index (κ3) is 4.43. The minimum absolute atomic E-state index is 0.0759. The minimum atomic E-state index is -3.44. The fourth-order valence-electron chi connectivity index (χ4n) is 2.98. The number of rotatable bonds is 6. The van der Waals surface area contributed by atoms with E-state index in [0.717, 1.165) is 19.3 Å². The zero-order valence-corrected chi connectivity index (χ0v) is 16.7. The molecule has 1 aliphatic rings. The van der Waals surface area contributed by atoms with Gasteiger partial charge in [-0.3, -0.25) is 4.79 Å². The summed E-state index contributed by atoms with van der Waals surface area (Å²) in [7, 11) is -3.44. The molecule has 3 rings (SSSR count). The first-order chi connectivity index (χ1) is 12.0. The Hall–Kier alpha value is -0.930. The largest absolute Gasteiger partial charge is 0.351 e. The van der Waals surface area contributed by atoms with Gasteiger partial charge in [0.25, 0.3) is 15.9 Å². The zero-order valence-electron chi connectivity index (χ0n) is 13.5. The second-order valence-corrected chi connectivity index (χ2v) is 10.6. The van der Waals surface area contributed by atoms with Gasteiger partial charge in [0.05, 0.1) is 9.21 Å². The molecule has 25 heavy (non-hydrogen) atoms. The van der Waals surface area contributed by atoms with E-state index in [4.69, 9.17) is 11.6 Å². The lowest BCUT2D eigenvalue weighted by Crippen LogP contribution is -2.44. The number of amides is 1. The Morgan fingerprint density at radius 1 is 1.32 bits per heavy atom. The number of hydrogen-bond donors (Lipinski definition) is 1. The molecule has 1 N–H and O–H groups in total. The predicted molar refractivity (Wildman–Crippen MR) is 102 cm³/mol. The Labute approximate surface area is 160 Å². The molecular formula is C16H19ClN2O3S3. The van der Waals surface area contributed by atoms with Crippen LogP contribution in [0.3, 0.4) is 0 Å². The van der Waals surface area contributed by atoms with Gasteiger partial charge in [0.2, 0.25) is 0 Å². The van der Waals surface area contributed by atoms with Gasteiger partial charge in [-0.05, 0) is 42.8 Å². The van der Waals surface area contributed by atoms with Gasteiger partial charge in [-0.2, -0.15) is 4.31 Å². The molecule has 1 atom stereocenters. The Kier molecular flexibility index (Phi) is 6.17. The van der Waals surface area contributed by atoms with Crippen molar-refractivity contribution in [3.8, 4) is 0 Å². The normalized spacial score (nSPS) is 19.0. The van der Waals surface area contributed by atoms with Crippen LogP contribution in [-0.2, 0) is 10.0 Å². The zero-order chi connectivity index (χ0) is 17.9. The van der Waals surface area contributed by atoms with Crippen LogP contribution < -0.4 is 5.32 Å². The van der Waals surface area contributed by atoms with Crippen molar-refractivity contribution in [3.63, 3.8) is 0 Å². The quantitative estimate of drug-likeness (QED) is 0.775. The van der Waals surface area contributed by atoms with Gasteiger partial charge in [-0.1, -0.05) is 24.1 Å². The Morgan fingerprint density at radius 2 is 2.16 bits per heavy atom. The van der Waals surface area contributed by atoms with Gasteiger partial charge >= 0.3 is 0 Å². The second-order valence-electron chi connectivity index (χ2n) is 5.85. The number of carbonyl (C=O) groups is 1. The van der Waals surface area contributed by atoms with Crippen LogP contribution in [0.15, 0.2) is 33.9 Å². The molecular weight excluding hydrogens is 400 g/mol. The van der Waals surface area contributed by atoms with Crippen LogP contribution in [0.1, 0.15) is 35.4 Å². The molecule has 136 valence electrons. The van der Waals surface area contributed by atoms with Crippen molar-refractivity contribution in [1.29, 1.82) is 0 Å². The predicted octanol–water partition coefficient (Wildman–Crippen LogP) is 3.83. The molecule has 1 saturated heterocycles. The lowest BCUT2D eigenvalue weighted by molar-refractivity contribution is 0.0953. The van der Waals surface area contributed by atoms with E-state index in [1.54, 1.807) is 34.0 Å². The van der Waals surface area contributed by atoms with Crippen LogP contribution in [0.25, 0.3) is 0 Å². The fourth-order valence-corrected chi connectivity index (χ4v) is 6.78. The molecule has 2 aromatic heterocycles. The molecule has 0 aliphatic carbocycles. The number of halogens is 1. The maximum Gasteiger partial charge on any atom is 0.261 e. The maximum absolute atomic E-state index is 12.8. The number of nitrogens with one attached hydrogen (secondary N) is 1. The van der Waals surface area contributed by atoms with Crippen LogP contribution >= 0.6 is 34.3 Å². The monoisotopic (exact) mass is 418 g/mol. The summed E-state index contributed by atoms with van der Waals surface area (Å²) in [6.07, 6.45) is 3.32. The maximum atomic E-state index is 12.8. The molecule has 0 aromatic carbocycles. The number of carbonyl (C=O) groups excluding carboxylic acids is 1. The molecule has 3 heterocycles. The average molecular weight is 419 g/mol. The molecule has 2 aromatic rings. The first-order valence-electron chi connectivity index (χ1n) is 8.07. The third-order valence-electron chi connectivity index (χ3n) is 4.19. The van der Waals surface area contributed by atoms with Crippen molar-refractivity contribution in [2.75, 3.05) is 13.1 Å². The van der Waals surface area contributed by atoms with Gasteiger partial charge in [0.15, 0.2) is 0 Å². The van der Waals surface area contributed by atoms with Crippen molar-refractivity contribution in [2.24, 2.45) is 0 Å². The van der Waals surface area contributed by atoms with E-state index < -0.39 is 10.0 Å². The molecule has 1 aliphatic heterocycles. The highest BCUT2D eigenvalue weighted by Gasteiger charge is 2.33. The van der Waals surface area contributed by atoms with Gasteiger partial charge in [-0.15, -0.1) is 22.7 Å². The molecule has 1 amide bonds. The first kappa shape index (κ1) is 18.8. The SMILES string of the molecule is O=C(NCC[C@H]1CCCCN1S(=O)(=O)c1cccs1)c1ccc(Cl)s1. The number of nitrogens with zero attached hydrogens (tertiary/aromatic N) is 1. The van der Waals surface area contributed by atoms with Crippen LogP contribution in [0.2, 0.25) is 4.34 Å². The van der Waals surface area contributed by atoms with Crippen molar-refractivity contribution >= 4 is 50.2 Å². The van der Waals surface area contributed by atoms with E-state index in [-0.39, 0.29) is 11.9 Å². The number of thiophene rings is 2. The Morgan fingerprint density at radius 3 is 2.84 bits per heavy atom. The highest BCUT2D eigenvalue weighted by molar-refractivity contribution is 7.91. The number of hydrogen-bond acceptors (Lipinski definition) is 5. The van der Waals surface area contributed by atoms with Crippen molar-refractivity contribution < 1.29 is 13.2 Å². The van der Waals surface area contributed by atoms with E-state index >= 15 is 0 Å². The van der Waals surface area contributed by atoms with E-state index in [1.807, 2.05) is 0 Å². The summed E-state index contributed by atoms with van der Waals surface area (Å²) in [6, 6.07) is 6.71. The number of sulfonamides is 1. The summed E-state index contributed by atoms with van der Waals surface area (Å²) < 4.78 is 28.2. The summed E-state index contributed by atoms with van der Waals surface area (Å²) in [6.45, 7) is 0.981. The minimum Gasteiger partial charge on any atom is -0.351 e. The van der Waals surface area contributed by atoms with Crippen LogP contribution in [0, 0.1) is 0 Å². The summed E-state index contributed by atoms with van der Waals surface area (Å²) in [5.41, 5.74) is 0. The van der Waals surface area contributed by atoms with Crippen LogP contribution in [0.5, 0.6) is 0 Å². The molecule has 0 spiro atoms. The van der Waals surface area contributed by atoms with Gasteiger partial charge in [0, 0.05) is 19.1 Å². The third-order valence-corrected chi connectivity index (χ3v) is 8.75. The standard InChI is InChI=1S/C16H19ClN2O3S3/c17-14-7-6-13(24-14)16(20)18-9-8-12-4-1-2-10-19(12)25(21,22)15-5-3-11-23-15/h3,5-7,11-12H,1-2,4,8-10H2,(H,18,20)/t12-/m1/s1. The fraction of sp³-hybridized carbons (Fsp3) is 0.438. The summed E-state index contributed by atoms with van der Waals surface area (Å²) in [5.74, 6) is -0.166. The number of piperidine rings is 1. The van der Waals surface area contributed by atoms with Gasteiger partial charge in [0.1, 0.15) is 4.21 Å². The van der Waals surface area contributed by atoms with Crippen molar-refractivity contribution in [3.05, 3.63) is 38.9 Å². The molecule has 0 bridgehead atoms. The molecule has 5 nitrogen and oxygen atoms in total. The van der Waals surface area contributed by atoms with E-state index in [0.29, 0.717) is 32.9 Å². The smallest absolute Gasteiger partial charge is 0.261 e. The summed E-state index contributed by atoms with van der Waals surface area (Å²) >= 11 is 8.32. The molecule has 0 unspecified atom stereocenters. The van der Waals surface area contributed by atoms with Crippen molar-refractivity contribution in [1.82, 2.24) is 9.62 Å². The lowest BCUT2D eigenvalue weighted by Gasteiger charge is -2.34. The Balaban J connectivity index is 1.61. The highest BCUT2D eigenvalue weighted by atomic mass is 35.5. The van der Waals surface area contributed by atoms with Gasteiger partial charge in [-0.25, -0.2) is 8.42 Å². The lowest BCUT2D eigenvalue weighted by atomic mass is 10.0. The molecule has 1 fully saturated rings. The molecule has 0 saturated carbocycles. The van der Waals surface area contributed by atoms with E-state index in [1.165, 1.54) is 22.7 Å². The summed E-state index contributed by atoms with van der Waals surface area (Å²) in [5, 5.41) is 4.64. The summed E-state index contributed by atoms with van der Waals surface area (Å²) in [4.78, 5) is 12.6. The van der Waals surface area contributed by atoms with E-state index in [9.17, 15) is 13.2 Å². The average Bonchev–Trinajstić information content (AvgIpc) is 3.27. The molecule has 9 heteroatoms. The van der Waals surface area contributed by atoms with Crippen LogP contribution in [-0.4, -0.2) is 37.8 Å². The van der Waals surface area contributed by atoms with Gasteiger partial charge < -0.3 is 5.32 Å². The topological polar surface area (TPSA) is 66.5 Å². The first-order valence-corrected chi connectivity index (χ1v) is 11.6. The Bertz CT molecular complexity index is 818. The van der Waals surface area contributed by atoms with E-state index in [2.05, 4.69) is 5.32 Å². The van der Waals surface area contributed by atoms with Crippen molar-refractivity contribution in [2.45, 2.75) is 35.9 Å². The second kappa shape index (κ2) is 8.18. The molecule has 0 radical (unpaired) electrons. The highest BCUT2D eigenvalue weighted by Crippen LogP contribution is 2.29.